The smallest absolute Gasteiger partial charge is 0.0782 e. The molecule has 0 saturated carbocycles. The van der Waals surface area contributed by atoms with E-state index >= 15 is 0 Å². The van der Waals surface area contributed by atoms with Crippen LogP contribution in [0.15, 0.2) is 0 Å². The summed E-state index contributed by atoms with van der Waals surface area (Å²) in [5.74, 6) is 0. The van der Waals surface area contributed by atoms with Crippen molar-refractivity contribution >= 4 is 0 Å². The summed E-state index contributed by atoms with van der Waals surface area (Å²) in [4.78, 5) is 0. The average Bonchev–Trinajstić information content (AvgIpc) is 2.99. The standard InChI is InChI=1S/C42H90N2/c1-7-9-11-13-15-17-23-27-31-35-39-43(3,4)41-37-33-29-25-21-19-20-22-26-30-34-38-42-44(5,6)40-36-32-28-24-18-16-14-12-10-8-2/h7-42H2,1-6H3/q+2. The number of nitrogens with zero attached hydrogens (tertiary/aromatic N) is 2. The van der Waals surface area contributed by atoms with Gasteiger partial charge < -0.3 is 8.97 Å². The maximum Gasteiger partial charge on any atom is 0.0782 e. The Kier molecular flexibility index (Phi) is 32.8. The third-order valence-corrected chi connectivity index (χ3v) is 10.5. The van der Waals surface area contributed by atoms with Crippen molar-refractivity contribution in [1.29, 1.82) is 0 Å². The predicted molar refractivity (Wildman–Crippen MR) is 203 cm³/mol. The highest BCUT2D eigenvalue weighted by molar-refractivity contribution is 4.52. The van der Waals surface area contributed by atoms with Gasteiger partial charge in [0.2, 0.25) is 0 Å². The summed E-state index contributed by atoms with van der Waals surface area (Å²) in [5, 5.41) is 0. The molecule has 2 heteroatoms. The van der Waals surface area contributed by atoms with Crippen molar-refractivity contribution in [1.82, 2.24) is 0 Å². The highest BCUT2D eigenvalue weighted by Crippen LogP contribution is 2.16. The fraction of sp³-hybridized carbons (Fsp3) is 1.00. The van der Waals surface area contributed by atoms with Crippen LogP contribution in [0.1, 0.15) is 219 Å². The molecule has 0 unspecified atom stereocenters. The van der Waals surface area contributed by atoms with Gasteiger partial charge >= 0.3 is 0 Å². The minimum Gasteiger partial charge on any atom is -0.328 e. The normalized spacial score (nSPS) is 12.4. The molecule has 0 amide bonds. The third kappa shape index (κ3) is 34.8. The summed E-state index contributed by atoms with van der Waals surface area (Å²) >= 11 is 0. The molecule has 0 N–H and O–H groups in total. The Bertz CT molecular complexity index is 492. The van der Waals surface area contributed by atoms with Gasteiger partial charge in [0.15, 0.2) is 0 Å². The van der Waals surface area contributed by atoms with Crippen LogP contribution in [0.4, 0.5) is 0 Å². The van der Waals surface area contributed by atoms with Crippen LogP contribution in [0, 0.1) is 0 Å². The quantitative estimate of drug-likeness (QED) is 0.0477. The molecule has 0 aliphatic rings. The first-order chi connectivity index (χ1) is 21.3. The van der Waals surface area contributed by atoms with Gasteiger partial charge in [-0.3, -0.25) is 0 Å². The molecule has 0 fully saturated rings. The van der Waals surface area contributed by atoms with Crippen LogP contribution in [0.25, 0.3) is 0 Å². The highest BCUT2D eigenvalue weighted by Gasteiger charge is 2.14. The van der Waals surface area contributed by atoms with Crippen molar-refractivity contribution in [2.24, 2.45) is 0 Å². The van der Waals surface area contributed by atoms with Gasteiger partial charge in [-0.05, 0) is 51.4 Å². The molecule has 0 rings (SSSR count). The van der Waals surface area contributed by atoms with Crippen LogP contribution in [0.5, 0.6) is 0 Å². The van der Waals surface area contributed by atoms with E-state index in [0.29, 0.717) is 0 Å². The number of unbranched alkanes of at least 4 members (excludes halogenated alkanes) is 29. The topological polar surface area (TPSA) is 0 Å². The van der Waals surface area contributed by atoms with Crippen LogP contribution in [0.3, 0.4) is 0 Å². The van der Waals surface area contributed by atoms with Crippen molar-refractivity contribution in [3.8, 4) is 0 Å². The Labute approximate surface area is 282 Å². The molecule has 0 aromatic heterocycles. The molecule has 266 valence electrons. The lowest BCUT2D eigenvalue weighted by atomic mass is 10.0. The van der Waals surface area contributed by atoms with Crippen LogP contribution in [-0.4, -0.2) is 63.3 Å². The van der Waals surface area contributed by atoms with Crippen molar-refractivity contribution in [2.75, 3.05) is 54.4 Å². The van der Waals surface area contributed by atoms with Gasteiger partial charge in [-0.25, -0.2) is 0 Å². The molecule has 0 radical (unpaired) electrons. The molecule has 44 heavy (non-hydrogen) atoms. The molecule has 0 atom stereocenters. The first-order valence-electron chi connectivity index (χ1n) is 21.0. The van der Waals surface area contributed by atoms with E-state index in [1.54, 1.807) is 0 Å². The second kappa shape index (κ2) is 32.8. The zero-order valence-corrected chi connectivity index (χ0v) is 32.4. The van der Waals surface area contributed by atoms with Crippen LogP contribution >= 0.6 is 0 Å². The summed E-state index contributed by atoms with van der Waals surface area (Å²) in [6.45, 7) is 10.1. The minimum absolute atomic E-state index is 1.24. The Morgan fingerprint density at radius 1 is 0.205 bits per heavy atom. The Hall–Kier alpha value is -0.0800. The second-order valence-corrected chi connectivity index (χ2v) is 16.4. The number of rotatable bonds is 37. The SMILES string of the molecule is CCCCCCCCCCCC[N+](C)(C)CCCCCCCCCCCCCC[N+](C)(C)CCCCCCCCCCCC. The summed E-state index contributed by atoms with van der Waals surface area (Å²) in [6, 6.07) is 0. The predicted octanol–water partition coefficient (Wildman–Crippen LogP) is 13.7. The van der Waals surface area contributed by atoms with Crippen molar-refractivity contribution < 1.29 is 8.97 Å². The van der Waals surface area contributed by atoms with E-state index in [4.69, 9.17) is 0 Å². The van der Waals surface area contributed by atoms with Gasteiger partial charge in [0.05, 0.1) is 54.4 Å². The fourth-order valence-corrected chi connectivity index (χ4v) is 7.13. The van der Waals surface area contributed by atoms with Gasteiger partial charge in [0.1, 0.15) is 0 Å². The molecule has 0 aliphatic carbocycles. The molecular formula is C42H90N2+2. The lowest BCUT2D eigenvalue weighted by molar-refractivity contribution is -0.890. The second-order valence-electron chi connectivity index (χ2n) is 16.4. The van der Waals surface area contributed by atoms with Gasteiger partial charge in [-0.1, -0.05) is 168 Å². The molecule has 2 nitrogen and oxygen atoms in total. The van der Waals surface area contributed by atoms with Crippen molar-refractivity contribution in [3.63, 3.8) is 0 Å². The van der Waals surface area contributed by atoms with Gasteiger partial charge in [0, 0.05) is 0 Å². The van der Waals surface area contributed by atoms with E-state index in [2.05, 4.69) is 42.0 Å². The van der Waals surface area contributed by atoms with Crippen molar-refractivity contribution in [3.05, 3.63) is 0 Å². The number of hydrogen-bond acceptors (Lipinski definition) is 0. The maximum atomic E-state index is 2.47. The lowest BCUT2D eigenvalue weighted by Gasteiger charge is -2.30. The fourth-order valence-electron chi connectivity index (χ4n) is 7.13. The molecule has 0 aromatic rings. The minimum atomic E-state index is 1.24. The molecule has 0 spiro atoms. The number of hydrogen-bond donors (Lipinski definition) is 0. The summed E-state index contributed by atoms with van der Waals surface area (Å²) in [7, 11) is 9.86. The van der Waals surface area contributed by atoms with E-state index in [1.165, 1.54) is 241 Å². The highest BCUT2D eigenvalue weighted by atomic mass is 15.3. The van der Waals surface area contributed by atoms with Gasteiger partial charge in [-0.15, -0.1) is 0 Å². The zero-order valence-electron chi connectivity index (χ0n) is 32.4. The van der Waals surface area contributed by atoms with Crippen molar-refractivity contribution in [2.45, 2.75) is 219 Å². The van der Waals surface area contributed by atoms with Crippen LogP contribution in [-0.2, 0) is 0 Å². The molecule has 0 heterocycles. The Balaban J connectivity index is 3.39. The lowest BCUT2D eigenvalue weighted by Crippen LogP contribution is -2.41. The zero-order chi connectivity index (χ0) is 32.5. The van der Waals surface area contributed by atoms with E-state index in [9.17, 15) is 0 Å². The Morgan fingerprint density at radius 3 is 0.500 bits per heavy atom. The summed E-state index contributed by atoms with van der Waals surface area (Å²) in [5.41, 5.74) is 0. The molecular weight excluding hydrogens is 532 g/mol. The van der Waals surface area contributed by atoms with Crippen LogP contribution < -0.4 is 0 Å². The third-order valence-electron chi connectivity index (χ3n) is 10.5. The van der Waals surface area contributed by atoms with E-state index < -0.39 is 0 Å². The molecule has 0 aromatic carbocycles. The average molecular weight is 623 g/mol. The first-order valence-corrected chi connectivity index (χ1v) is 21.0. The number of quaternary nitrogens is 2. The summed E-state index contributed by atoms with van der Waals surface area (Å²) in [6.07, 6.45) is 46.5. The largest absolute Gasteiger partial charge is 0.328 e. The molecule has 0 saturated heterocycles. The monoisotopic (exact) mass is 623 g/mol. The van der Waals surface area contributed by atoms with Gasteiger partial charge in [-0.2, -0.15) is 0 Å². The maximum absolute atomic E-state index is 2.47. The van der Waals surface area contributed by atoms with E-state index in [1.807, 2.05) is 0 Å². The van der Waals surface area contributed by atoms with Gasteiger partial charge in [0.25, 0.3) is 0 Å². The molecule has 0 aliphatic heterocycles. The molecule has 0 bridgehead atoms. The Morgan fingerprint density at radius 2 is 0.341 bits per heavy atom. The van der Waals surface area contributed by atoms with E-state index in [0.717, 1.165) is 0 Å². The van der Waals surface area contributed by atoms with E-state index in [-0.39, 0.29) is 0 Å². The summed E-state index contributed by atoms with van der Waals surface area (Å²) < 4.78 is 2.49. The first kappa shape index (κ1) is 43.9. The van der Waals surface area contributed by atoms with Crippen LogP contribution in [0.2, 0.25) is 0 Å².